The van der Waals surface area contributed by atoms with Gasteiger partial charge in [-0.2, -0.15) is 0 Å². The maximum atomic E-state index is 11.8. The standard InChI is InChI=1S/C10H22N2O3S/c1-12(16(13,14)8-7-15-2)9-10-3-5-11-6-4-10/h10-11H,3-9H2,1-2H3. The van der Waals surface area contributed by atoms with Crippen LogP contribution in [0.1, 0.15) is 12.8 Å². The quantitative estimate of drug-likeness (QED) is 0.715. The van der Waals surface area contributed by atoms with Crippen molar-refractivity contribution >= 4 is 10.0 Å². The summed E-state index contributed by atoms with van der Waals surface area (Å²) in [6.07, 6.45) is 2.12. The van der Waals surface area contributed by atoms with Gasteiger partial charge in [-0.25, -0.2) is 12.7 Å². The van der Waals surface area contributed by atoms with Gasteiger partial charge in [-0.1, -0.05) is 0 Å². The second-order valence-corrected chi connectivity index (χ2v) is 6.48. The van der Waals surface area contributed by atoms with Gasteiger partial charge in [0.2, 0.25) is 10.0 Å². The highest BCUT2D eigenvalue weighted by Gasteiger charge is 2.22. The molecule has 0 spiro atoms. The number of hydrogen-bond acceptors (Lipinski definition) is 4. The van der Waals surface area contributed by atoms with E-state index in [-0.39, 0.29) is 12.4 Å². The smallest absolute Gasteiger partial charge is 0.216 e. The van der Waals surface area contributed by atoms with Gasteiger partial charge in [0.05, 0.1) is 12.4 Å². The van der Waals surface area contributed by atoms with Crippen molar-refractivity contribution in [3.05, 3.63) is 0 Å². The minimum atomic E-state index is -3.13. The lowest BCUT2D eigenvalue weighted by Gasteiger charge is -2.27. The third-order valence-corrected chi connectivity index (χ3v) is 4.78. The molecule has 0 bridgehead atoms. The SMILES string of the molecule is COCCS(=O)(=O)N(C)CC1CCNCC1. The molecule has 96 valence electrons. The van der Waals surface area contributed by atoms with Crippen molar-refractivity contribution in [2.45, 2.75) is 12.8 Å². The Kier molecular flexibility index (Phi) is 5.68. The molecule has 1 N–H and O–H groups in total. The molecule has 0 aromatic carbocycles. The lowest BCUT2D eigenvalue weighted by Crippen LogP contribution is -2.38. The normalized spacial score (nSPS) is 19.2. The number of nitrogens with zero attached hydrogens (tertiary/aromatic N) is 1. The lowest BCUT2D eigenvalue weighted by atomic mass is 9.98. The number of methoxy groups -OCH3 is 1. The van der Waals surface area contributed by atoms with E-state index < -0.39 is 10.0 Å². The molecule has 1 heterocycles. The number of hydrogen-bond donors (Lipinski definition) is 1. The third kappa shape index (κ3) is 4.37. The highest BCUT2D eigenvalue weighted by molar-refractivity contribution is 7.89. The molecule has 6 heteroatoms. The van der Waals surface area contributed by atoms with Gasteiger partial charge in [0.15, 0.2) is 0 Å². The molecule has 0 amide bonds. The van der Waals surface area contributed by atoms with Crippen molar-refractivity contribution in [2.24, 2.45) is 5.92 Å². The molecule has 0 saturated carbocycles. The molecule has 0 aliphatic carbocycles. The summed E-state index contributed by atoms with van der Waals surface area (Å²) in [7, 11) is 0.0421. The monoisotopic (exact) mass is 250 g/mol. The first-order valence-electron chi connectivity index (χ1n) is 5.70. The molecular weight excluding hydrogens is 228 g/mol. The Balaban J connectivity index is 2.40. The zero-order valence-corrected chi connectivity index (χ0v) is 10.9. The number of sulfonamides is 1. The van der Waals surface area contributed by atoms with E-state index in [1.807, 2.05) is 0 Å². The number of ether oxygens (including phenoxy) is 1. The molecular formula is C10H22N2O3S. The van der Waals surface area contributed by atoms with E-state index in [1.54, 1.807) is 7.05 Å². The van der Waals surface area contributed by atoms with E-state index in [4.69, 9.17) is 4.74 Å². The zero-order chi connectivity index (χ0) is 12.0. The van der Waals surface area contributed by atoms with Gasteiger partial charge >= 0.3 is 0 Å². The molecule has 0 aromatic heterocycles. The Bertz CT molecular complexity index is 286. The van der Waals surface area contributed by atoms with Crippen LogP contribution in [0.3, 0.4) is 0 Å². The summed E-state index contributed by atoms with van der Waals surface area (Å²) < 4.78 is 29.9. The molecule has 1 saturated heterocycles. The second kappa shape index (κ2) is 6.54. The summed E-state index contributed by atoms with van der Waals surface area (Å²) >= 11 is 0. The summed E-state index contributed by atoms with van der Waals surface area (Å²) in [5, 5.41) is 3.27. The van der Waals surface area contributed by atoms with Gasteiger partial charge in [-0.15, -0.1) is 0 Å². The minimum Gasteiger partial charge on any atom is -0.384 e. The Morgan fingerprint density at radius 2 is 2.00 bits per heavy atom. The van der Waals surface area contributed by atoms with Crippen LogP contribution in [0.15, 0.2) is 0 Å². The Labute approximate surface area is 98.2 Å². The van der Waals surface area contributed by atoms with Crippen LogP contribution >= 0.6 is 0 Å². The lowest BCUT2D eigenvalue weighted by molar-refractivity contribution is 0.215. The predicted molar refractivity (Wildman–Crippen MR) is 63.9 cm³/mol. The number of piperidine rings is 1. The van der Waals surface area contributed by atoms with E-state index in [0.717, 1.165) is 25.9 Å². The first-order chi connectivity index (χ1) is 7.56. The van der Waals surface area contributed by atoms with Crippen LogP contribution in [0, 0.1) is 5.92 Å². The molecule has 0 aromatic rings. The molecule has 1 aliphatic rings. The van der Waals surface area contributed by atoms with Crippen molar-refractivity contribution in [3.8, 4) is 0 Å². The molecule has 1 rings (SSSR count). The van der Waals surface area contributed by atoms with E-state index in [1.165, 1.54) is 11.4 Å². The molecule has 1 aliphatic heterocycles. The summed E-state index contributed by atoms with van der Waals surface area (Å²) in [5.74, 6) is 0.564. The van der Waals surface area contributed by atoms with E-state index in [2.05, 4.69) is 5.32 Å². The fourth-order valence-corrected chi connectivity index (χ4v) is 3.01. The van der Waals surface area contributed by atoms with E-state index in [0.29, 0.717) is 12.5 Å². The van der Waals surface area contributed by atoms with Gasteiger partial charge in [-0.05, 0) is 31.8 Å². The molecule has 5 nitrogen and oxygen atoms in total. The molecule has 0 atom stereocenters. The average molecular weight is 250 g/mol. The summed E-state index contributed by atoms with van der Waals surface area (Å²) in [5.41, 5.74) is 0. The van der Waals surface area contributed by atoms with Crippen LogP contribution in [-0.4, -0.2) is 58.9 Å². The minimum absolute atomic E-state index is 0.0744. The Hall–Kier alpha value is -0.170. The number of nitrogens with one attached hydrogen (secondary N) is 1. The van der Waals surface area contributed by atoms with Gasteiger partial charge < -0.3 is 10.1 Å². The highest BCUT2D eigenvalue weighted by Crippen LogP contribution is 2.14. The molecule has 1 fully saturated rings. The molecule has 0 unspecified atom stereocenters. The van der Waals surface area contributed by atoms with Gasteiger partial charge in [0.25, 0.3) is 0 Å². The average Bonchev–Trinajstić information content (AvgIpc) is 2.28. The van der Waals surface area contributed by atoms with Crippen LogP contribution in [0.4, 0.5) is 0 Å². The van der Waals surface area contributed by atoms with Crippen molar-refractivity contribution in [3.63, 3.8) is 0 Å². The number of rotatable bonds is 6. The second-order valence-electron chi connectivity index (χ2n) is 4.28. The first-order valence-corrected chi connectivity index (χ1v) is 7.31. The highest BCUT2D eigenvalue weighted by atomic mass is 32.2. The topological polar surface area (TPSA) is 58.6 Å². The maximum Gasteiger partial charge on any atom is 0.216 e. The van der Waals surface area contributed by atoms with E-state index >= 15 is 0 Å². The fourth-order valence-electron chi connectivity index (χ4n) is 1.89. The Morgan fingerprint density at radius 1 is 1.38 bits per heavy atom. The summed E-state index contributed by atoms with van der Waals surface area (Å²) in [4.78, 5) is 0. The largest absolute Gasteiger partial charge is 0.384 e. The van der Waals surface area contributed by atoms with Crippen LogP contribution in [0.5, 0.6) is 0 Å². The van der Waals surface area contributed by atoms with Crippen molar-refractivity contribution < 1.29 is 13.2 Å². The fraction of sp³-hybridized carbons (Fsp3) is 1.00. The Morgan fingerprint density at radius 3 is 2.56 bits per heavy atom. The van der Waals surface area contributed by atoms with Crippen LogP contribution < -0.4 is 5.32 Å². The van der Waals surface area contributed by atoms with Crippen LogP contribution in [0.2, 0.25) is 0 Å². The van der Waals surface area contributed by atoms with Crippen LogP contribution in [-0.2, 0) is 14.8 Å². The van der Waals surface area contributed by atoms with Gasteiger partial charge in [-0.3, -0.25) is 0 Å². The summed E-state index contributed by atoms with van der Waals surface area (Å²) in [6.45, 7) is 2.89. The van der Waals surface area contributed by atoms with Crippen molar-refractivity contribution in [2.75, 3.05) is 46.2 Å². The van der Waals surface area contributed by atoms with Crippen molar-refractivity contribution in [1.82, 2.24) is 9.62 Å². The van der Waals surface area contributed by atoms with Gasteiger partial charge in [0.1, 0.15) is 0 Å². The third-order valence-electron chi connectivity index (χ3n) is 2.99. The summed E-state index contributed by atoms with van der Waals surface area (Å²) in [6, 6.07) is 0. The first kappa shape index (κ1) is 13.9. The predicted octanol–water partition coefficient (Wildman–Crippen LogP) is -0.106. The van der Waals surface area contributed by atoms with Gasteiger partial charge in [0, 0.05) is 20.7 Å². The zero-order valence-electron chi connectivity index (χ0n) is 10.1. The molecule has 0 radical (unpaired) electrons. The van der Waals surface area contributed by atoms with E-state index in [9.17, 15) is 8.42 Å². The molecule has 16 heavy (non-hydrogen) atoms. The van der Waals surface area contributed by atoms with Crippen LogP contribution in [0.25, 0.3) is 0 Å². The van der Waals surface area contributed by atoms with Crippen molar-refractivity contribution in [1.29, 1.82) is 0 Å². The maximum absolute atomic E-state index is 11.8.